The topological polar surface area (TPSA) is 54.0 Å². The van der Waals surface area contributed by atoms with Crippen LogP contribution in [-0.4, -0.2) is 26.8 Å². The first-order valence-corrected chi connectivity index (χ1v) is 9.28. The molecule has 0 aliphatic heterocycles. The minimum atomic E-state index is -0.462. The third kappa shape index (κ3) is 5.28. The third-order valence-electron chi connectivity index (χ3n) is 4.25. The van der Waals surface area contributed by atoms with Gasteiger partial charge in [-0.3, -0.25) is 0 Å². The van der Waals surface area contributed by atoms with Crippen molar-refractivity contribution in [2.45, 2.75) is 33.8 Å². The summed E-state index contributed by atoms with van der Waals surface area (Å²) in [5.74, 6) is 1.13. The Bertz CT molecular complexity index is 839. The van der Waals surface area contributed by atoms with Crippen molar-refractivity contribution in [2.75, 3.05) is 20.8 Å². The molecular weight excluding hydrogens is 356 g/mol. The van der Waals surface area contributed by atoms with Crippen molar-refractivity contribution in [3.63, 3.8) is 0 Å². The quantitative estimate of drug-likeness (QED) is 0.352. The monoisotopic (exact) mass is 384 g/mol. The molecular formula is C23H28O5. The predicted octanol–water partition coefficient (Wildman–Crippen LogP) is 4.83. The van der Waals surface area contributed by atoms with Gasteiger partial charge in [0.1, 0.15) is 23.7 Å². The first-order chi connectivity index (χ1) is 13.5. The molecule has 0 aromatic heterocycles. The van der Waals surface area contributed by atoms with Crippen molar-refractivity contribution in [3.8, 4) is 11.5 Å². The summed E-state index contributed by atoms with van der Waals surface area (Å²) in [6, 6.07) is 11.5. The molecule has 28 heavy (non-hydrogen) atoms. The molecule has 0 radical (unpaired) electrons. The first kappa shape index (κ1) is 21.4. The lowest BCUT2D eigenvalue weighted by Crippen LogP contribution is -2.08. The van der Waals surface area contributed by atoms with E-state index in [2.05, 4.69) is 6.92 Å². The van der Waals surface area contributed by atoms with Gasteiger partial charge < -0.3 is 18.9 Å². The summed E-state index contributed by atoms with van der Waals surface area (Å²) in [4.78, 5) is 12.1. The highest BCUT2D eigenvalue weighted by molar-refractivity contribution is 6.16. The number of rotatable bonds is 9. The van der Waals surface area contributed by atoms with Crippen molar-refractivity contribution in [3.05, 3.63) is 64.9 Å². The van der Waals surface area contributed by atoms with Crippen LogP contribution in [0.25, 0.3) is 5.57 Å². The Labute approximate surface area is 166 Å². The molecule has 0 amide bonds. The van der Waals surface area contributed by atoms with Crippen molar-refractivity contribution >= 4 is 11.5 Å². The van der Waals surface area contributed by atoms with Crippen LogP contribution in [0.3, 0.4) is 0 Å². The number of benzene rings is 2. The van der Waals surface area contributed by atoms with Crippen LogP contribution in [0.1, 0.15) is 35.6 Å². The number of carbonyl (C=O) groups excluding carboxylic acids is 1. The molecule has 2 aromatic carbocycles. The summed E-state index contributed by atoms with van der Waals surface area (Å²) in [7, 11) is 2.84. The van der Waals surface area contributed by atoms with Gasteiger partial charge >= 0.3 is 5.97 Å². The number of methoxy groups -OCH3 is 2. The second kappa shape index (κ2) is 10.4. The molecule has 0 aliphatic rings. The highest BCUT2D eigenvalue weighted by Crippen LogP contribution is 2.31. The van der Waals surface area contributed by atoms with E-state index in [0.29, 0.717) is 24.4 Å². The molecule has 0 N–H and O–H groups in total. The van der Waals surface area contributed by atoms with Crippen molar-refractivity contribution < 1.29 is 23.7 Å². The van der Waals surface area contributed by atoms with Crippen LogP contribution in [0.2, 0.25) is 0 Å². The van der Waals surface area contributed by atoms with E-state index in [1.54, 1.807) is 0 Å². The molecule has 0 unspecified atom stereocenters. The second-order valence-electron chi connectivity index (χ2n) is 6.44. The zero-order valence-corrected chi connectivity index (χ0v) is 17.2. The summed E-state index contributed by atoms with van der Waals surface area (Å²) in [6.07, 6.45) is 2.33. The lowest BCUT2D eigenvalue weighted by atomic mass is 10.0. The highest BCUT2D eigenvalue weighted by atomic mass is 16.5. The lowest BCUT2D eigenvalue weighted by molar-refractivity contribution is -0.133. The van der Waals surface area contributed by atoms with E-state index in [4.69, 9.17) is 18.9 Å². The van der Waals surface area contributed by atoms with E-state index < -0.39 is 5.97 Å². The van der Waals surface area contributed by atoms with Crippen LogP contribution >= 0.6 is 0 Å². The van der Waals surface area contributed by atoms with Gasteiger partial charge in [-0.15, -0.1) is 0 Å². The molecule has 0 aliphatic carbocycles. The smallest absolute Gasteiger partial charge is 0.341 e. The highest BCUT2D eigenvalue weighted by Gasteiger charge is 2.17. The maximum Gasteiger partial charge on any atom is 0.341 e. The number of hydrogen-bond acceptors (Lipinski definition) is 5. The minimum Gasteiger partial charge on any atom is -0.503 e. The van der Waals surface area contributed by atoms with Gasteiger partial charge in [0.2, 0.25) is 0 Å². The Hall–Kier alpha value is -2.95. The van der Waals surface area contributed by atoms with E-state index in [-0.39, 0.29) is 0 Å². The largest absolute Gasteiger partial charge is 0.503 e. The molecule has 0 atom stereocenters. The van der Waals surface area contributed by atoms with Crippen molar-refractivity contribution in [1.82, 2.24) is 0 Å². The van der Waals surface area contributed by atoms with Gasteiger partial charge in [0.15, 0.2) is 0 Å². The Morgan fingerprint density at radius 3 is 2.36 bits per heavy atom. The molecule has 5 heteroatoms. The molecule has 0 saturated heterocycles. The summed E-state index contributed by atoms with van der Waals surface area (Å²) < 4.78 is 21.9. The Kier molecular flexibility index (Phi) is 7.93. The number of aryl methyl sites for hydroxylation is 1. The lowest BCUT2D eigenvalue weighted by Gasteiger charge is -2.16. The van der Waals surface area contributed by atoms with E-state index in [1.165, 1.54) is 20.5 Å². The molecule has 0 heterocycles. The van der Waals surface area contributed by atoms with Crippen LogP contribution in [0.15, 0.2) is 42.7 Å². The SMILES string of the molecule is CCCOc1cc(C)cc(OCc2ccccc2/C(=C\OC)C(=O)OC)c1C. The standard InChI is InChI=1S/C23H28O5/c1-6-11-27-21-12-16(2)13-22(17(21)3)28-14-18-9-7-8-10-19(18)20(15-25-4)23(24)26-5/h7-10,12-13,15H,6,11,14H2,1-5H3/b20-15+. The van der Waals surface area contributed by atoms with Crippen LogP contribution in [0, 0.1) is 13.8 Å². The van der Waals surface area contributed by atoms with Gasteiger partial charge in [0, 0.05) is 5.56 Å². The van der Waals surface area contributed by atoms with Gasteiger partial charge in [-0.2, -0.15) is 0 Å². The molecule has 0 bridgehead atoms. The minimum absolute atomic E-state index is 0.297. The van der Waals surface area contributed by atoms with Crippen LogP contribution in [0.5, 0.6) is 11.5 Å². The third-order valence-corrected chi connectivity index (χ3v) is 4.25. The maximum atomic E-state index is 12.1. The number of ether oxygens (including phenoxy) is 4. The Morgan fingerprint density at radius 1 is 1.04 bits per heavy atom. The fourth-order valence-electron chi connectivity index (χ4n) is 2.82. The first-order valence-electron chi connectivity index (χ1n) is 9.28. The van der Waals surface area contributed by atoms with Crippen molar-refractivity contribution in [1.29, 1.82) is 0 Å². The molecule has 0 spiro atoms. The molecule has 0 saturated carbocycles. The second-order valence-corrected chi connectivity index (χ2v) is 6.44. The summed E-state index contributed by atoms with van der Waals surface area (Å²) in [5.41, 5.74) is 3.93. The maximum absolute atomic E-state index is 12.1. The average Bonchev–Trinajstić information content (AvgIpc) is 2.71. The van der Waals surface area contributed by atoms with E-state index in [1.807, 2.05) is 50.2 Å². The zero-order chi connectivity index (χ0) is 20.5. The average molecular weight is 384 g/mol. The van der Waals surface area contributed by atoms with Crippen LogP contribution in [-0.2, 0) is 20.9 Å². The Morgan fingerprint density at radius 2 is 1.71 bits per heavy atom. The van der Waals surface area contributed by atoms with E-state index in [0.717, 1.165) is 34.6 Å². The molecule has 2 rings (SSSR count). The molecule has 150 valence electrons. The van der Waals surface area contributed by atoms with Gasteiger partial charge in [0.25, 0.3) is 0 Å². The predicted molar refractivity (Wildman–Crippen MR) is 109 cm³/mol. The molecule has 2 aromatic rings. The fraction of sp³-hybridized carbons (Fsp3) is 0.348. The number of hydrogen-bond donors (Lipinski definition) is 0. The number of carbonyl (C=O) groups is 1. The summed E-state index contributed by atoms with van der Waals surface area (Å²) in [6.45, 7) is 7.03. The fourth-order valence-corrected chi connectivity index (χ4v) is 2.82. The summed E-state index contributed by atoms with van der Waals surface area (Å²) >= 11 is 0. The van der Waals surface area contributed by atoms with E-state index in [9.17, 15) is 4.79 Å². The van der Waals surface area contributed by atoms with Crippen LogP contribution in [0.4, 0.5) is 0 Å². The van der Waals surface area contributed by atoms with Gasteiger partial charge in [-0.1, -0.05) is 31.2 Å². The number of esters is 1. The normalized spacial score (nSPS) is 11.1. The molecule has 0 fully saturated rings. The van der Waals surface area contributed by atoms with E-state index >= 15 is 0 Å². The Balaban J connectivity index is 2.30. The molecule has 5 nitrogen and oxygen atoms in total. The van der Waals surface area contributed by atoms with Gasteiger partial charge in [0.05, 0.1) is 27.1 Å². The summed E-state index contributed by atoms with van der Waals surface area (Å²) in [5, 5.41) is 0. The van der Waals surface area contributed by atoms with Crippen LogP contribution < -0.4 is 9.47 Å². The van der Waals surface area contributed by atoms with Gasteiger partial charge in [-0.05, 0) is 49.1 Å². The van der Waals surface area contributed by atoms with Gasteiger partial charge in [-0.25, -0.2) is 4.79 Å². The zero-order valence-electron chi connectivity index (χ0n) is 17.2. The van der Waals surface area contributed by atoms with Crippen molar-refractivity contribution in [2.24, 2.45) is 0 Å².